The van der Waals surface area contributed by atoms with Crippen LogP contribution < -0.4 is 10.6 Å². The molecule has 5 nitrogen and oxygen atoms in total. The number of hydrogen-bond acceptors (Lipinski definition) is 4. The quantitative estimate of drug-likeness (QED) is 0.668. The van der Waals surface area contributed by atoms with Crippen molar-refractivity contribution in [3.8, 4) is 11.3 Å². The predicted molar refractivity (Wildman–Crippen MR) is 90.4 cm³/mol. The van der Waals surface area contributed by atoms with Crippen LogP contribution in [0, 0.1) is 5.92 Å². The van der Waals surface area contributed by atoms with E-state index in [0.29, 0.717) is 18.1 Å². The molecular formula is C15H20Cl2N4O. The van der Waals surface area contributed by atoms with Crippen molar-refractivity contribution in [3.63, 3.8) is 0 Å². The van der Waals surface area contributed by atoms with E-state index < -0.39 is 0 Å². The van der Waals surface area contributed by atoms with E-state index in [2.05, 4.69) is 20.8 Å². The summed E-state index contributed by atoms with van der Waals surface area (Å²) in [6, 6.07) is 7.71. The number of nitrogens with zero attached hydrogens (tertiary/aromatic N) is 1. The Kier molecular flexibility index (Phi) is 6.23. The van der Waals surface area contributed by atoms with E-state index >= 15 is 0 Å². The molecule has 2 unspecified atom stereocenters. The van der Waals surface area contributed by atoms with Crippen molar-refractivity contribution in [1.29, 1.82) is 0 Å². The first-order valence-corrected chi connectivity index (χ1v) is 7.49. The lowest BCUT2D eigenvalue weighted by molar-refractivity contribution is 0.146. The van der Waals surface area contributed by atoms with E-state index in [4.69, 9.17) is 11.6 Å². The molecule has 1 fully saturated rings. The minimum atomic E-state index is -0.255. The number of hydrogen-bond donors (Lipinski definition) is 4. The number of halogens is 2. The number of nitrogens with one attached hydrogen (secondary N) is 3. The van der Waals surface area contributed by atoms with Crippen molar-refractivity contribution in [2.75, 3.05) is 19.6 Å². The van der Waals surface area contributed by atoms with Crippen LogP contribution in [-0.4, -0.2) is 41.0 Å². The Labute approximate surface area is 140 Å². The molecule has 22 heavy (non-hydrogen) atoms. The lowest BCUT2D eigenvalue weighted by Gasteiger charge is -2.14. The first-order chi connectivity index (χ1) is 10.2. The van der Waals surface area contributed by atoms with E-state index in [1.54, 1.807) is 0 Å². The van der Waals surface area contributed by atoms with Gasteiger partial charge in [0.1, 0.15) is 0 Å². The lowest BCUT2D eigenvalue weighted by atomic mass is 10.1. The van der Waals surface area contributed by atoms with Gasteiger partial charge < -0.3 is 15.7 Å². The van der Waals surface area contributed by atoms with Gasteiger partial charge in [0.2, 0.25) is 0 Å². The molecule has 2 atom stereocenters. The van der Waals surface area contributed by atoms with Gasteiger partial charge in [0, 0.05) is 48.2 Å². The molecule has 7 heteroatoms. The highest BCUT2D eigenvalue weighted by molar-refractivity contribution is 6.30. The molecule has 120 valence electrons. The third-order valence-electron chi connectivity index (χ3n) is 3.86. The maximum Gasteiger partial charge on any atom is 0.0716 e. The third kappa shape index (κ3) is 4.00. The average Bonchev–Trinajstić information content (AvgIpc) is 3.09. The van der Waals surface area contributed by atoms with Crippen LogP contribution in [0.2, 0.25) is 5.02 Å². The van der Waals surface area contributed by atoms with Crippen LogP contribution in [0.3, 0.4) is 0 Å². The minimum Gasteiger partial charge on any atom is -0.391 e. The number of H-pyrrole nitrogens is 1. The van der Waals surface area contributed by atoms with Crippen LogP contribution in [0.4, 0.5) is 0 Å². The smallest absolute Gasteiger partial charge is 0.0716 e. The highest BCUT2D eigenvalue weighted by Crippen LogP contribution is 2.23. The second-order valence-corrected chi connectivity index (χ2v) is 5.83. The first-order valence-electron chi connectivity index (χ1n) is 7.11. The number of benzene rings is 1. The molecule has 1 saturated heterocycles. The van der Waals surface area contributed by atoms with Gasteiger partial charge in [-0.1, -0.05) is 23.7 Å². The van der Waals surface area contributed by atoms with Crippen molar-refractivity contribution in [2.24, 2.45) is 5.92 Å². The van der Waals surface area contributed by atoms with E-state index in [9.17, 15) is 5.11 Å². The van der Waals surface area contributed by atoms with Crippen molar-refractivity contribution in [1.82, 2.24) is 20.8 Å². The number of β-amino-alcohol motifs (C(OH)–C–C–N with tert-alkyl or cyclic N) is 1. The fraction of sp³-hybridized carbons (Fsp3) is 0.400. The van der Waals surface area contributed by atoms with Gasteiger partial charge in [-0.15, -0.1) is 12.4 Å². The molecule has 0 saturated carbocycles. The van der Waals surface area contributed by atoms with Gasteiger partial charge in [0.15, 0.2) is 0 Å². The Balaban J connectivity index is 0.00000176. The number of aliphatic hydroxyl groups is 1. The van der Waals surface area contributed by atoms with E-state index in [0.717, 1.165) is 29.9 Å². The van der Waals surface area contributed by atoms with Crippen LogP contribution in [0.15, 0.2) is 30.5 Å². The largest absolute Gasteiger partial charge is 0.391 e. The van der Waals surface area contributed by atoms with Crippen LogP contribution >= 0.6 is 24.0 Å². The third-order valence-corrected chi connectivity index (χ3v) is 4.09. The van der Waals surface area contributed by atoms with E-state index in [1.807, 2.05) is 30.5 Å². The van der Waals surface area contributed by atoms with Gasteiger partial charge in [-0.3, -0.25) is 5.10 Å². The summed E-state index contributed by atoms with van der Waals surface area (Å²) < 4.78 is 0. The normalized spacial score (nSPS) is 20.8. The fourth-order valence-corrected chi connectivity index (χ4v) is 2.85. The molecule has 0 radical (unpaired) electrons. The van der Waals surface area contributed by atoms with Gasteiger partial charge in [0.05, 0.1) is 18.0 Å². The molecule has 1 aromatic heterocycles. The fourth-order valence-electron chi connectivity index (χ4n) is 2.66. The monoisotopic (exact) mass is 342 g/mol. The molecule has 1 aliphatic heterocycles. The summed E-state index contributed by atoms with van der Waals surface area (Å²) in [6.45, 7) is 3.04. The standard InChI is InChI=1S/C15H19ClN4O.ClH/c16-13-3-1-2-10(4-13)15-12(8-19-20-15)7-17-5-11-6-18-9-14(11)21;/h1-4,8,11,14,17-18,21H,5-7,9H2,(H,19,20);1H. The molecule has 1 aromatic carbocycles. The highest BCUT2D eigenvalue weighted by Gasteiger charge is 2.24. The highest BCUT2D eigenvalue weighted by atomic mass is 35.5. The summed E-state index contributed by atoms with van der Waals surface area (Å²) in [5, 5.41) is 24.2. The summed E-state index contributed by atoms with van der Waals surface area (Å²) in [4.78, 5) is 0. The summed E-state index contributed by atoms with van der Waals surface area (Å²) in [6.07, 6.45) is 1.57. The van der Waals surface area contributed by atoms with Gasteiger partial charge in [-0.25, -0.2) is 0 Å². The summed E-state index contributed by atoms with van der Waals surface area (Å²) in [5.41, 5.74) is 3.10. The van der Waals surface area contributed by atoms with Crippen LogP contribution in [0.5, 0.6) is 0 Å². The van der Waals surface area contributed by atoms with Crippen molar-refractivity contribution in [3.05, 3.63) is 41.0 Å². The first kappa shape index (κ1) is 17.2. The molecular weight excluding hydrogens is 323 g/mol. The predicted octanol–water partition coefficient (Wildman–Crippen LogP) is 1.82. The second kappa shape index (κ2) is 7.94. The zero-order chi connectivity index (χ0) is 14.7. The van der Waals surface area contributed by atoms with Gasteiger partial charge in [-0.2, -0.15) is 5.10 Å². The van der Waals surface area contributed by atoms with Crippen LogP contribution in [0.25, 0.3) is 11.3 Å². The average molecular weight is 343 g/mol. The maximum absolute atomic E-state index is 9.77. The van der Waals surface area contributed by atoms with E-state index in [-0.39, 0.29) is 24.4 Å². The minimum absolute atomic E-state index is 0. The summed E-state index contributed by atoms with van der Waals surface area (Å²) in [5.74, 6) is 0.270. The zero-order valence-electron chi connectivity index (χ0n) is 12.1. The van der Waals surface area contributed by atoms with Crippen molar-refractivity contribution in [2.45, 2.75) is 12.6 Å². The molecule has 2 aromatic rings. The summed E-state index contributed by atoms with van der Waals surface area (Å²) in [7, 11) is 0. The van der Waals surface area contributed by atoms with Gasteiger partial charge in [-0.05, 0) is 12.1 Å². The maximum atomic E-state index is 9.77. The van der Waals surface area contributed by atoms with Crippen molar-refractivity contribution >= 4 is 24.0 Å². The Morgan fingerprint density at radius 1 is 1.36 bits per heavy atom. The zero-order valence-corrected chi connectivity index (χ0v) is 13.6. The number of rotatable bonds is 5. The molecule has 0 bridgehead atoms. The molecule has 3 rings (SSSR count). The van der Waals surface area contributed by atoms with E-state index in [1.165, 1.54) is 0 Å². The number of aromatic nitrogens is 2. The molecule has 0 amide bonds. The Bertz CT molecular complexity index is 605. The number of aliphatic hydroxyl groups excluding tert-OH is 1. The molecule has 0 spiro atoms. The Hall–Kier alpha value is -1.11. The molecule has 4 N–H and O–H groups in total. The van der Waals surface area contributed by atoms with Crippen LogP contribution in [0.1, 0.15) is 5.56 Å². The summed E-state index contributed by atoms with van der Waals surface area (Å²) >= 11 is 6.04. The number of aromatic amines is 1. The van der Waals surface area contributed by atoms with Crippen LogP contribution in [-0.2, 0) is 6.54 Å². The molecule has 0 aliphatic carbocycles. The Morgan fingerprint density at radius 3 is 2.95 bits per heavy atom. The molecule has 1 aliphatic rings. The second-order valence-electron chi connectivity index (χ2n) is 5.40. The van der Waals surface area contributed by atoms with Gasteiger partial charge in [0.25, 0.3) is 0 Å². The SMILES string of the molecule is Cl.OC1CNCC1CNCc1cn[nH]c1-c1cccc(Cl)c1. The lowest BCUT2D eigenvalue weighted by Crippen LogP contribution is -2.30. The molecule has 2 heterocycles. The van der Waals surface area contributed by atoms with Gasteiger partial charge >= 0.3 is 0 Å². The topological polar surface area (TPSA) is 73.0 Å². The Morgan fingerprint density at radius 2 is 2.23 bits per heavy atom. The van der Waals surface area contributed by atoms with Crippen molar-refractivity contribution < 1.29 is 5.11 Å².